The second kappa shape index (κ2) is 11.7. The average molecular weight is 570 g/mol. The van der Waals surface area contributed by atoms with Crippen molar-refractivity contribution in [2.75, 3.05) is 35.6 Å². The number of aromatic nitrogens is 1. The van der Waals surface area contributed by atoms with E-state index in [0.717, 1.165) is 35.9 Å². The van der Waals surface area contributed by atoms with Gasteiger partial charge in [-0.25, -0.2) is 18.2 Å². The number of piperidine rings is 1. The Hall–Kier alpha value is -3.21. The van der Waals surface area contributed by atoms with Crippen LogP contribution >= 0.6 is 24.8 Å². The number of benzene rings is 2. The Kier molecular flexibility index (Phi) is 9.01. The van der Waals surface area contributed by atoms with Crippen molar-refractivity contribution < 1.29 is 22.7 Å². The predicted molar refractivity (Wildman–Crippen MR) is 146 cm³/mol. The fraction of sp³-hybridized carbons (Fsp3) is 0.308. The van der Waals surface area contributed by atoms with Crippen molar-refractivity contribution in [2.24, 2.45) is 11.7 Å². The molecule has 0 saturated carbocycles. The molecule has 1 saturated heterocycles. The molecule has 2 aromatic carbocycles. The summed E-state index contributed by atoms with van der Waals surface area (Å²) in [6, 6.07) is 5.56. The summed E-state index contributed by atoms with van der Waals surface area (Å²) in [7, 11) is 0. The Bertz CT molecular complexity index is 1330. The minimum absolute atomic E-state index is 0. The zero-order valence-corrected chi connectivity index (χ0v) is 22.1. The zero-order valence-electron chi connectivity index (χ0n) is 20.5. The van der Waals surface area contributed by atoms with Gasteiger partial charge in [-0.1, -0.05) is 13.0 Å². The number of rotatable bonds is 4. The number of nitrogens with zero attached hydrogens (tertiary/aromatic N) is 2. The molecule has 12 heteroatoms. The van der Waals surface area contributed by atoms with Crippen LogP contribution < -0.4 is 26.4 Å². The van der Waals surface area contributed by atoms with Crippen molar-refractivity contribution in [3.8, 4) is 17.0 Å². The smallest absolute Gasteiger partial charge is 0.260 e. The lowest BCUT2D eigenvalue weighted by molar-refractivity contribution is 0.102. The molecule has 0 aliphatic carbocycles. The van der Waals surface area contributed by atoms with Crippen LogP contribution in [0, 0.1) is 23.4 Å². The molecule has 3 aromatic rings. The Morgan fingerprint density at radius 1 is 1.13 bits per heavy atom. The highest BCUT2D eigenvalue weighted by atomic mass is 35.5. The highest BCUT2D eigenvalue weighted by Gasteiger charge is 2.31. The molecule has 1 fully saturated rings. The van der Waals surface area contributed by atoms with E-state index in [9.17, 15) is 13.6 Å². The molecule has 0 radical (unpaired) electrons. The predicted octanol–water partition coefficient (Wildman–Crippen LogP) is 4.95. The van der Waals surface area contributed by atoms with Gasteiger partial charge >= 0.3 is 0 Å². The lowest BCUT2D eigenvalue weighted by atomic mass is 9.95. The number of ether oxygens (including phenoxy) is 1. The topological polar surface area (TPSA) is 106 Å². The molecule has 5 rings (SSSR count). The molecule has 2 aliphatic heterocycles. The van der Waals surface area contributed by atoms with Crippen LogP contribution in [-0.4, -0.2) is 36.6 Å². The molecule has 1 amide bonds. The van der Waals surface area contributed by atoms with Crippen molar-refractivity contribution in [1.29, 1.82) is 0 Å². The number of nitrogens with one attached hydrogen (secondary N) is 1. The number of carbonyl (C=O) groups is 1. The third-order valence-corrected chi connectivity index (χ3v) is 6.59. The summed E-state index contributed by atoms with van der Waals surface area (Å²) in [5, 5.41) is 2.73. The number of hydrogen-bond donors (Lipinski definition) is 3. The van der Waals surface area contributed by atoms with Gasteiger partial charge in [-0.15, -0.1) is 24.8 Å². The van der Waals surface area contributed by atoms with Crippen molar-refractivity contribution in [1.82, 2.24) is 4.98 Å². The Morgan fingerprint density at radius 3 is 2.53 bits per heavy atom. The zero-order chi connectivity index (χ0) is 25.6. The quantitative estimate of drug-likeness (QED) is 0.384. The lowest BCUT2D eigenvalue weighted by Gasteiger charge is -2.38. The minimum atomic E-state index is -1.12. The summed E-state index contributed by atoms with van der Waals surface area (Å²) in [5.41, 5.74) is 12.5. The summed E-state index contributed by atoms with van der Waals surface area (Å²) in [6.45, 7) is 3.85. The fourth-order valence-electron chi connectivity index (χ4n) is 5.12. The second-order valence-electron chi connectivity index (χ2n) is 9.35. The van der Waals surface area contributed by atoms with Gasteiger partial charge in [0.15, 0.2) is 0 Å². The standard InChI is InChI=1S/C26H26F3N5O2.2ClH/c1-13-9-14(30)12-34(11-13)24-16-7-8-36-26(16)32-10-20(24)33-25(35)22-19(31)6-5-15(23(22)29)21-17(27)3-2-4-18(21)28;;/h2-6,10,13-14H,7-9,11-12,30-31H2,1H3,(H,33,35);2*1H/t13-,14+;;/m1../s1. The molecular formula is C26H28Cl2F3N5O2. The first kappa shape index (κ1) is 29.3. The Balaban J connectivity index is 0.00000200. The first-order valence-electron chi connectivity index (χ1n) is 11.7. The van der Waals surface area contributed by atoms with Gasteiger partial charge in [-0.2, -0.15) is 0 Å². The van der Waals surface area contributed by atoms with Gasteiger partial charge in [0.2, 0.25) is 5.88 Å². The van der Waals surface area contributed by atoms with Gasteiger partial charge in [-0.3, -0.25) is 4.79 Å². The van der Waals surface area contributed by atoms with E-state index >= 15 is 4.39 Å². The summed E-state index contributed by atoms with van der Waals surface area (Å²) in [5.74, 6) is -3.08. The van der Waals surface area contributed by atoms with E-state index in [4.69, 9.17) is 16.2 Å². The molecule has 38 heavy (non-hydrogen) atoms. The third-order valence-electron chi connectivity index (χ3n) is 6.59. The number of anilines is 3. The van der Waals surface area contributed by atoms with E-state index in [0.29, 0.717) is 43.6 Å². The number of hydrogen-bond acceptors (Lipinski definition) is 6. The number of nitrogen functional groups attached to an aromatic ring is 1. The summed E-state index contributed by atoms with van der Waals surface area (Å²) >= 11 is 0. The van der Waals surface area contributed by atoms with Crippen LogP contribution in [-0.2, 0) is 6.42 Å². The van der Waals surface area contributed by atoms with Crippen molar-refractivity contribution in [3.05, 3.63) is 65.1 Å². The largest absolute Gasteiger partial charge is 0.477 e. The number of halogens is 5. The molecule has 3 heterocycles. The van der Waals surface area contributed by atoms with Gasteiger partial charge in [0.1, 0.15) is 17.5 Å². The highest BCUT2D eigenvalue weighted by Crippen LogP contribution is 2.40. The minimum Gasteiger partial charge on any atom is -0.477 e. The van der Waals surface area contributed by atoms with Crippen molar-refractivity contribution in [2.45, 2.75) is 25.8 Å². The SMILES string of the molecule is C[C@@H]1C[C@H](N)CN(c2c(NC(=O)c3c(N)ccc(-c4c(F)cccc4F)c3F)cnc3c2CCO3)C1.Cl.Cl. The maximum atomic E-state index is 15.6. The van der Waals surface area contributed by atoms with E-state index in [1.54, 1.807) is 0 Å². The summed E-state index contributed by atoms with van der Waals surface area (Å²) in [6.07, 6.45) is 2.93. The summed E-state index contributed by atoms with van der Waals surface area (Å²) in [4.78, 5) is 19.8. The molecule has 7 nitrogen and oxygen atoms in total. The van der Waals surface area contributed by atoms with E-state index < -0.39 is 40.0 Å². The van der Waals surface area contributed by atoms with E-state index in [-0.39, 0.29) is 36.5 Å². The van der Waals surface area contributed by atoms with E-state index in [1.807, 2.05) is 0 Å². The molecule has 1 aromatic heterocycles. The van der Waals surface area contributed by atoms with E-state index in [2.05, 4.69) is 22.1 Å². The van der Waals surface area contributed by atoms with Gasteiger partial charge < -0.3 is 26.4 Å². The first-order valence-corrected chi connectivity index (χ1v) is 11.7. The summed E-state index contributed by atoms with van der Waals surface area (Å²) < 4.78 is 49.9. The second-order valence-corrected chi connectivity index (χ2v) is 9.35. The lowest BCUT2D eigenvalue weighted by Crippen LogP contribution is -2.47. The number of fused-ring (bicyclic) bond motifs is 1. The normalized spacial score (nSPS) is 18.1. The van der Waals surface area contributed by atoms with Crippen molar-refractivity contribution >= 4 is 47.8 Å². The van der Waals surface area contributed by atoms with Crippen LogP contribution in [0.5, 0.6) is 5.88 Å². The molecule has 204 valence electrons. The van der Waals surface area contributed by atoms with Crippen LogP contribution in [0.2, 0.25) is 0 Å². The molecule has 2 atom stereocenters. The molecular weight excluding hydrogens is 542 g/mol. The highest BCUT2D eigenvalue weighted by molar-refractivity contribution is 6.10. The maximum Gasteiger partial charge on any atom is 0.260 e. The van der Waals surface area contributed by atoms with E-state index in [1.165, 1.54) is 18.3 Å². The molecule has 0 unspecified atom stereocenters. The Labute approximate surface area is 230 Å². The van der Waals surface area contributed by atoms with Crippen LogP contribution in [0.15, 0.2) is 36.5 Å². The fourth-order valence-corrected chi connectivity index (χ4v) is 5.12. The Morgan fingerprint density at radius 2 is 1.84 bits per heavy atom. The molecule has 2 aliphatic rings. The first-order chi connectivity index (χ1) is 17.2. The van der Waals surface area contributed by atoms with Gasteiger partial charge in [0, 0.05) is 42.4 Å². The van der Waals surface area contributed by atoms with Crippen LogP contribution in [0.25, 0.3) is 11.1 Å². The van der Waals surface area contributed by atoms with Crippen LogP contribution in [0.4, 0.5) is 30.2 Å². The number of amides is 1. The third kappa shape index (κ3) is 5.34. The van der Waals surface area contributed by atoms with Crippen LogP contribution in [0.3, 0.4) is 0 Å². The molecule has 0 spiro atoms. The van der Waals surface area contributed by atoms with Gasteiger partial charge in [0.05, 0.1) is 35.3 Å². The van der Waals surface area contributed by atoms with Gasteiger partial charge in [0.25, 0.3) is 5.91 Å². The number of pyridine rings is 1. The number of carbonyl (C=O) groups excluding carboxylic acids is 1. The number of nitrogens with two attached hydrogens (primary N) is 2. The van der Waals surface area contributed by atoms with Crippen LogP contribution in [0.1, 0.15) is 29.3 Å². The monoisotopic (exact) mass is 569 g/mol. The molecule has 0 bridgehead atoms. The van der Waals surface area contributed by atoms with Gasteiger partial charge in [-0.05, 0) is 36.6 Å². The maximum absolute atomic E-state index is 15.6. The molecule has 5 N–H and O–H groups in total. The average Bonchev–Trinajstić information content (AvgIpc) is 3.28. The van der Waals surface area contributed by atoms with Crippen molar-refractivity contribution in [3.63, 3.8) is 0 Å².